The summed E-state index contributed by atoms with van der Waals surface area (Å²) < 4.78 is 0. The van der Waals surface area contributed by atoms with E-state index in [2.05, 4.69) is 9.88 Å². The maximum absolute atomic E-state index is 11.0. The molecule has 5 nitrogen and oxygen atoms in total. The highest BCUT2D eigenvalue weighted by atomic mass is 16.4. The number of β-amino-alcohol motifs (C(OH)–C–C–N with tert-alkyl or cyclic N) is 1. The molecule has 0 aliphatic carbocycles. The topological polar surface area (TPSA) is 73.7 Å². The van der Waals surface area contributed by atoms with Crippen molar-refractivity contribution in [3.05, 3.63) is 48.2 Å². The molecule has 1 aromatic carbocycles. The molecule has 1 fully saturated rings. The van der Waals surface area contributed by atoms with E-state index in [1.165, 1.54) is 12.3 Å². The second-order valence-corrected chi connectivity index (χ2v) is 5.17. The van der Waals surface area contributed by atoms with Gasteiger partial charge in [0.05, 0.1) is 17.4 Å². The highest BCUT2D eigenvalue weighted by Crippen LogP contribution is 2.24. The average Bonchev–Trinajstić information content (AvgIpc) is 2.94. The van der Waals surface area contributed by atoms with E-state index in [0.717, 1.165) is 24.2 Å². The van der Waals surface area contributed by atoms with Crippen LogP contribution in [0.5, 0.6) is 0 Å². The van der Waals surface area contributed by atoms with E-state index in [9.17, 15) is 9.90 Å². The third-order valence-corrected chi connectivity index (χ3v) is 3.70. The van der Waals surface area contributed by atoms with Crippen LogP contribution in [0.15, 0.2) is 42.6 Å². The fourth-order valence-corrected chi connectivity index (χ4v) is 2.54. The maximum atomic E-state index is 11.0. The molecule has 1 saturated heterocycles. The van der Waals surface area contributed by atoms with Gasteiger partial charge in [-0.15, -0.1) is 0 Å². The third-order valence-electron chi connectivity index (χ3n) is 3.70. The van der Waals surface area contributed by atoms with E-state index >= 15 is 0 Å². The lowest BCUT2D eigenvalue weighted by molar-refractivity contribution is 0.0697. The number of carboxylic acid groups (broad SMARTS) is 1. The number of aromatic nitrogens is 1. The molecule has 1 aliphatic heterocycles. The van der Waals surface area contributed by atoms with Crippen LogP contribution in [0.2, 0.25) is 0 Å². The minimum Gasteiger partial charge on any atom is -0.478 e. The highest BCUT2D eigenvalue weighted by molar-refractivity contribution is 5.88. The molecule has 1 aromatic heterocycles. The van der Waals surface area contributed by atoms with Crippen molar-refractivity contribution in [1.82, 2.24) is 4.98 Å². The van der Waals surface area contributed by atoms with Gasteiger partial charge < -0.3 is 15.1 Å². The van der Waals surface area contributed by atoms with Crippen LogP contribution >= 0.6 is 0 Å². The molecule has 3 rings (SSSR count). The molecule has 0 radical (unpaired) electrons. The molecule has 2 heterocycles. The number of aliphatic hydroxyl groups is 1. The van der Waals surface area contributed by atoms with Gasteiger partial charge in [-0.05, 0) is 30.7 Å². The molecule has 0 amide bonds. The molecule has 0 saturated carbocycles. The van der Waals surface area contributed by atoms with Crippen molar-refractivity contribution >= 4 is 11.7 Å². The van der Waals surface area contributed by atoms with E-state index in [-0.39, 0.29) is 11.7 Å². The summed E-state index contributed by atoms with van der Waals surface area (Å²) in [5.41, 5.74) is 2.81. The fraction of sp³-hybridized carbons (Fsp3) is 0.250. The number of rotatable bonds is 3. The predicted octanol–water partition coefficient (Wildman–Crippen LogP) is 2.02. The molecule has 1 unspecified atom stereocenters. The Bertz CT molecular complexity index is 655. The van der Waals surface area contributed by atoms with E-state index in [1.54, 1.807) is 6.07 Å². The van der Waals surface area contributed by atoms with E-state index in [1.807, 2.05) is 24.3 Å². The summed E-state index contributed by atoms with van der Waals surface area (Å²) in [6.45, 7) is 1.51. The maximum Gasteiger partial charge on any atom is 0.335 e. The molecule has 2 aromatic rings. The molecule has 2 N–H and O–H groups in total. The predicted molar refractivity (Wildman–Crippen MR) is 79.5 cm³/mol. The summed E-state index contributed by atoms with van der Waals surface area (Å²) in [6.07, 6.45) is 2.05. The first-order chi connectivity index (χ1) is 10.1. The number of hydrogen-bond acceptors (Lipinski definition) is 4. The van der Waals surface area contributed by atoms with Gasteiger partial charge in [-0.2, -0.15) is 0 Å². The number of benzene rings is 1. The Balaban J connectivity index is 1.84. The molecule has 0 spiro atoms. The van der Waals surface area contributed by atoms with Crippen molar-refractivity contribution in [3.63, 3.8) is 0 Å². The minimum absolute atomic E-state index is 0.228. The zero-order chi connectivity index (χ0) is 14.8. The van der Waals surface area contributed by atoms with Gasteiger partial charge in [0, 0.05) is 30.5 Å². The van der Waals surface area contributed by atoms with Crippen molar-refractivity contribution in [1.29, 1.82) is 0 Å². The Labute approximate surface area is 122 Å². The second kappa shape index (κ2) is 5.54. The second-order valence-electron chi connectivity index (χ2n) is 5.17. The van der Waals surface area contributed by atoms with Crippen molar-refractivity contribution in [3.8, 4) is 11.3 Å². The number of anilines is 1. The van der Waals surface area contributed by atoms with Gasteiger partial charge >= 0.3 is 5.97 Å². The van der Waals surface area contributed by atoms with Gasteiger partial charge in [-0.1, -0.05) is 12.1 Å². The van der Waals surface area contributed by atoms with Gasteiger partial charge in [0.25, 0.3) is 0 Å². The summed E-state index contributed by atoms with van der Waals surface area (Å²) >= 11 is 0. The van der Waals surface area contributed by atoms with Crippen LogP contribution in [0.1, 0.15) is 16.8 Å². The monoisotopic (exact) mass is 284 g/mol. The van der Waals surface area contributed by atoms with Gasteiger partial charge in [-0.25, -0.2) is 4.79 Å². The largest absolute Gasteiger partial charge is 0.478 e. The third kappa shape index (κ3) is 2.87. The molecule has 21 heavy (non-hydrogen) atoms. The molecule has 5 heteroatoms. The Morgan fingerprint density at radius 1 is 1.24 bits per heavy atom. The van der Waals surface area contributed by atoms with Crippen molar-refractivity contribution < 1.29 is 15.0 Å². The number of carboxylic acids is 1. The Kier molecular flexibility index (Phi) is 3.58. The Morgan fingerprint density at radius 3 is 2.62 bits per heavy atom. The summed E-state index contributed by atoms with van der Waals surface area (Å²) in [4.78, 5) is 17.3. The van der Waals surface area contributed by atoms with Crippen LogP contribution < -0.4 is 4.90 Å². The number of aliphatic hydroxyl groups excluding tert-OH is 1. The van der Waals surface area contributed by atoms with Crippen LogP contribution in [-0.2, 0) is 0 Å². The van der Waals surface area contributed by atoms with Gasteiger partial charge in [0.15, 0.2) is 0 Å². The van der Waals surface area contributed by atoms with E-state index in [0.29, 0.717) is 12.2 Å². The summed E-state index contributed by atoms with van der Waals surface area (Å²) in [5, 5.41) is 18.6. The Morgan fingerprint density at radius 2 is 2.00 bits per heavy atom. The standard InChI is InChI=1S/C16H16N2O3/c19-14-6-8-18(10-14)13-3-1-11(2-4-13)15-9-12(16(20)21)5-7-17-15/h1-5,7,9,14,19H,6,8,10H2,(H,20,21). The number of aromatic carboxylic acids is 1. The first-order valence-electron chi connectivity index (χ1n) is 6.86. The first kappa shape index (κ1) is 13.6. The van der Waals surface area contributed by atoms with Gasteiger partial charge in [-0.3, -0.25) is 4.98 Å². The van der Waals surface area contributed by atoms with Crippen LogP contribution in [-0.4, -0.2) is 40.4 Å². The smallest absolute Gasteiger partial charge is 0.335 e. The quantitative estimate of drug-likeness (QED) is 0.902. The normalized spacial score (nSPS) is 18.0. The lowest BCUT2D eigenvalue weighted by Crippen LogP contribution is -2.20. The SMILES string of the molecule is O=C(O)c1ccnc(-c2ccc(N3CCC(O)C3)cc2)c1. The van der Waals surface area contributed by atoms with Crippen LogP contribution in [0.3, 0.4) is 0 Å². The van der Waals surface area contributed by atoms with Gasteiger partial charge in [0.1, 0.15) is 0 Å². The highest BCUT2D eigenvalue weighted by Gasteiger charge is 2.20. The zero-order valence-corrected chi connectivity index (χ0v) is 11.4. The molecule has 1 atom stereocenters. The fourth-order valence-electron chi connectivity index (χ4n) is 2.54. The summed E-state index contributed by atoms with van der Waals surface area (Å²) in [7, 11) is 0. The number of nitrogens with zero attached hydrogens (tertiary/aromatic N) is 2. The van der Waals surface area contributed by atoms with Crippen molar-refractivity contribution in [2.75, 3.05) is 18.0 Å². The molecule has 108 valence electrons. The van der Waals surface area contributed by atoms with Crippen LogP contribution in [0.25, 0.3) is 11.3 Å². The average molecular weight is 284 g/mol. The number of pyridine rings is 1. The van der Waals surface area contributed by atoms with Crippen molar-refractivity contribution in [2.45, 2.75) is 12.5 Å². The molecule has 0 bridgehead atoms. The van der Waals surface area contributed by atoms with Crippen LogP contribution in [0, 0.1) is 0 Å². The number of carbonyl (C=O) groups is 1. The minimum atomic E-state index is -0.957. The van der Waals surface area contributed by atoms with E-state index in [4.69, 9.17) is 5.11 Å². The van der Waals surface area contributed by atoms with Gasteiger partial charge in [0.2, 0.25) is 0 Å². The Hall–Kier alpha value is -2.40. The number of hydrogen-bond donors (Lipinski definition) is 2. The first-order valence-corrected chi connectivity index (χ1v) is 6.86. The van der Waals surface area contributed by atoms with Crippen molar-refractivity contribution in [2.24, 2.45) is 0 Å². The summed E-state index contributed by atoms with van der Waals surface area (Å²) in [6, 6.07) is 10.8. The van der Waals surface area contributed by atoms with E-state index < -0.39 is 5.97 Å². The molecular weight excluding hydrogens is 268 g/mol. The molecular formula is C16H16N2O3. The zero-order valence-electron chi connectivity index (χ0n) is 11.4. The van der Waals surface area contributed by atoms with Crippen LogP contribution in [0.4, 0.5) is 5.69 Å². The lowest BCUT2D eigenvalue weighted by Gasteiger charge is -2.18. The molecule has 1 aliphatic rings. The summed E-state index contributed by atoms with van der Waals surface area (Å²) in [5.74, 6) is -0.957. The lowest BCUT2D eigenvalue weighted by atomic mass is 10.1.